The fraction of sp³-hybridized carbons (Fsp3) is 0.286. The molecule has 0 saturated heterocycles. The molecule has 0 radical (unpaired) electrons. The molecule has 0 saturated carbocycles. The number of aliphatic hydroxyl groups excluding tert-OH is 1. The predicted molar refractivity (Wildman–Crippen MR) is 116 cm³/mol. The first-order valence-corrected chi connectivity index (χ1v) is 11.5. The summed E-state index contributed by atoms with van der Waals surface area (Å²) in [4.78, 5) is 21.3. The first-order valence-electron chi connectivity index (χ1n) is 9.84. The lowest BCUT2D eigenvalue weighted by atomic mass is 10.1. The van der Waals surface area contributed by atoms with Gasteiger partial charge in [0.25, 0.3) is 5.91 Å². The molecule has 1 amide bonds. The molecule has 0 unspecified atom stereocenters. The number of fused-ring (bicyclic) bond motifs is 1. The number of nitrogens with zero attached hydrogens (tertiary/aromatic N) is 3. The molecular formula is C21H23N5O4S. The highest BCUT2D eigenvalue weighted by atomic mass is 32.2. The van der Waals surface area contributed by atoms with Crippen LogP contribution in [0, 0.1) is 13.8 Å². The smallest absolute Gasteiger partial charge is 0.268 e. The van der Waals surface area contributed by atoms with Crippen molar-refractivity contribution in [1.29, 1.82) is 0 Å². The number of rotatable bonds is 6. The number of benzene rings is 1. The van der Waals surface area contributed by atoms with Crippen LogP contribution in [0.15, 0.2) is 41.4 Å². The van der Waals surface area contributed by atoms with Crippen molar-refractivity contribution < 1.29 is 18.3 Å². The third-order valence-corrected chi connectivity index (χ3v) is 7.02. The summed E-state index contributed by atoms with van der Waals surface area (Å²) in [6, 6.07) is 8.08. The molecule has 0 fully saturated rings. The fourth-order valence-electron chi connectivity index (χ4n) is 3.90. The van der Waals surface area contributed by atoms with Gasteiger partial charge in [0.15, 0.2) is 9.84 Å². The van der Waals surface area contributed by atoms with Crippen LogP contribution in [0.2, 0.25) is 0 Å². The zero-order chi connectivity index (χ0) is 22.2. The van der Waals surface area contributed by atoms with Gasteiger partial charge in [-0.15, -0.1) is 0 Å². The van der Waals surface area contributed by atoms with Gasteiger partial charge in [-0.3, -0.25) is 4.79 Å². The summed E-state index contributed by atoms with van der Waals surface area (Å²) in [5.74, 6) is -0.124. The topological polar surface area (TPSA) is 126 Å². The SMILES string of the molecule is Cc1c(-c2ccnc(Nc3cccc(S(=O)(=O)CCO)c3)n2)c(C)n2c1C(=O)NCC2. The molecule has 3 N–H and O–H groups in total. The molecule has 31 heavy (non-hydrogen) atoms. The highest BCUT2D eigenvalue weighted by molar-refractivity contribution is 7.91. The Bertz CT molecular complexity index is 1270. The van der Waals surface area contributed by atoms with Crippen LogP contribution in [-0.2, 0) is 16.4 Å². The molecule has 1 aromatic carbocycles. The third kappa shape index (κ3) is 3.91. The Morgan fingerprint density at radius 2 is 2.06 bits per heavy atom. The largest absolute Gasteiger partial charge is 0.395 e. The first-order chi connectivity index (χ1) is 14.8. The molecule has 9 nitrogen and oxygen atoms in total. The summed E-state index contributed by atoms with van der Waals surface area (Å²) in [6.07, 6.45) is 1.62. The van der Waals surface area contributed by atoms with Gasteiger partial charge in [-0.05, 0) is 43.7 Å². The van der Waals surface area contributed by atoms with Gasteiger partial charge in [-0.25, -0.2) is 18.4 Å². The highest BCUT2D eigenvalue weighted by Crippen LogP contribution is 2.32. The Kier molecular flexibility index (Phi) is 5.50. The van der Waals surface area contributed by atoms with Gasteiger partial charge in [0.1, 0.15) is 5.69 Å². The van der Waals surface area contributed by atoms with Crippen LogP contribution in [-0.4, -0.2) is 52.9 Å². The first kappa shape index (κ1) is 21.0. The van der Waals surface area contributed by atoms with Gasteiger partial charge < -0.3 is 20.3 Å². The van der Waals surface area contributed by atoms with Gasteiger partial charge >= 0.3 is 0 Å². The van der Waals surface area contributed by atoms with E-state index in [9.17, 15) is 13.2 Å². The summed E-state index contributed by atoms with van der Waals surface area (Å²) in [6.45, 7) is 4.73. The van der Waals surface area contributed by atoms with Gasteiger partial charge in [0, 0.05) is 36.2 Å². The van der Waals surface area contributed by atoms with Crippen LogP contribution >= 0.6 is 0 Å². The number of carbonyl (C=O) groups excluding carboxylic acids is 1. The zero-order valence-electron chi connectivity index (χ0n) is 17.2. The van der Waals surface area contributed by atoms with E-state index >= 15 is 0 Å². The number of sulfone groups is 1. The molecule has 3 aromatic rings. The van der Waals surface area contributed by atoms with Crippen molar-refractivity contribution in [2.75, 3.05) is 24.2 Å². The monoisotopic (exact) mass is 441 g/mol. The van der Waals surface area contributed by atoms with Crippen molar-refractivity contribution in [3.63, 3.8) is 0 Å². The van der Waals surface area contributed by atoms with E-state index < -0.39 is 16.4 Å². The van der Waals surface area contributed by atoms with E-state index in [1.54, 1.807) is 24.4 Å². The second kappa shape index (κ2) is 8.12. The number of carbonyl (C=O) groups is 1. The molecule has 162 valence electrons. The number of amides is 1. The maximum atomic E-state index is 12.3. The molecule has 1 aliphatic heterocycles. The Hall–Kier alpha value is -3.24. The standard InChI is InChI=1S/C21H23N5O4S/c1-13-18(14(2)26-9-8-22-20(28)19(13)26)17-6-7-23-21(25-17)24-15-4-3-5-16(12-15)31(29,30)11-10-27/h3-7,12,27H,8-11H2,1-2H3,(H,22,28)(H,23,24,25). The van der Waals surface area contributed by atoms with Crippen LogP contribution in [0.3, 0.4) is 0 Å². The Morgan fingerprint density at radius 3 is 2.81 bits per heavy atom. The third-order valence-electron chi connectivity index (χ3n) is 5.32. The van der Waals surface area contributed by atoms with E-state index in [0.29, 0.717) is 36.1 Å². The summed E-state index contributed by atoms with van der Waals surface area (Å²) in [5, 5.41) is 14.9. The zero-order valence-corrected chi connectivity index (χ0v) is 18.0. The molecule has 0 atom stereocenters. The fourth-order valence-corrected chi connectivity index (χ4v) is 4.97. The maximum absolute atomic E-state index is 12.3. The lowest BCUT2D eigenvalue weighted by molar-refractivity contribution is 0.0926. The van der Waals surface area contributed by atoms with E-state index in [1.165, 1.54) is 12.1 Å². The molecule has 10 heteroatoms. The number of hydrogen-bond acceptors (Lipinski definition) is 7. The number of nitrogens with one attached hydrogen (secondary N) is 2. The number of aliphatic hydroxyl groups is 1. The van der Waals surface area contributed by atoms with E-state index in [-0.39, 0.29) is 16.6 Å². The normalized spacial score (nSPS) is 13.6. The van der Waals surface area contributed by atoms with Crippen LogP contribution in [0.4, 0.5) is 11.6 Å². The van der Waals surface area contributed by atoms with Gasteiger partial charge in [0.2, 0.25) is 5.95 Å². The minimum atomic E-state index is -3.57. The van der Waals surface area contributed by atoms with Crippen molar-refractivity contribution in [3.05, 3.63) is 53.5 Å². The van der Waals surface area contributed by atoms with Crippen LogP contribution in [0.25, 0.3) is 11.3 Å². The minimum absolute atomic E-state index is 0.0913. The Balaban J connectivity index is 1.68. The second-order valence-corrected chi connectivity index (χ2v) is 9.41. The van der Waals surface area contributed by atoms with Crippen molar-refractivity contribution in [2.45, 2.75) is 25.3 Å². The predicted octanol–water partition coefficient (Wildman–Crippen LogP) is 1.81. The molecule has 3 heterocycles. The van der Waals surface area contributed by atoms with Crippen LogP contribution < -0.4 is 10.6 Å². The Morgan fingerprint density at radius 1 is 1.26 bits per heavy atom. The number of aromatic nitrogens is 3. The summed E-state index contributed by atoms with van der Waals surface area (Å²) in [7, 11) is -3.57. The Labute approximate surface area is 180 Å². The molecule has 2 aromatic heterocycles. The molecule has 0 aliphatic carbocycles. The number of anilines is 2. The lowest BCUT2D eigenvalue weighted by Gasteiger charge is -2.17. The van der Waals surface area contributed by atoms with Crippen molar-refractivity contribution >= 4 is 27.4 Å². The average Bonchev–Trinajstić information content (AvgIpc) is 3.00. The van der Waals surface area contributed by atoms with E-state index in [4.69, 9.17) is 5.11 Å². The highest BCUT2D eigenvalue weighted by Gasteiger charge is 2.26. The lowest BCUT2D eigenvalue weighted by Crippen LogP contribution is -2.35. The molecular weight excluding hydrogens is 418 g/mol. The average molecular weight is 442 g/mol. The van der Waals surface area contributed by atoms with Crippen LogP contribution in [0.5, 0.6) is 0 Å². The molecule has 0 spiro atoms. The second-order valence-electron chi connectivity index (χ2n) is 7.30. The van der Waals surface area contributed by atoms with Crippen molar-refractivity contribution in [1.82, 2.24) is 19.9 Å². The van der Waals surface area contributed by atoms with E-state index in [0.717, 1.165) is 16.8 Å². The van der Waals surface area contributed by atoms with Gasteiger partial charge in [0.05, 0.1) is 22.9 Å². The van der Waals surface area contributed by atoms with Crippen molar-refractivity contribution in [3.8, 4) is 11.3 Å². The van der Waals surface area contributed by atoms with E-state index in [2.05, 4.69) is 20.6 Å². The number of hydrogen-bond donors (Lipinski definition) is 3. The summed E-state index contributed by atoms with van der Waals surface area (Å²) < 4.78 is 26.4. The molecule has 0 bridgehead atoms. The van der Waals surface area contributed by atoms with Crippen molar-refractivity contribution in [2.24, 2.45) is 0 Å². The quantitative estimate of drug-likeness (QED) is 0.533. The molecule has 4 rings (SSSR count). The van der Waals surface area contributed by atoms with Gasteiger partial charge in [-0.2, -0.15) is 0 Å². The van der Waals surface area contributed by atoms with Crippen LogP contribution in [0.1, 0.15) is 21.7 Å². The van der Waals surface area contributed by atoms with E-state index in [1.807, 2.05) is 18.4 Å². The molecule has 1 aliphatic rings. The van der Waals surface area contributed by atoms with Gasteiger partial charge in [-0.1, -0.05) is 6.07 Å². The maximum Gasteiger partial charge on any atom is 0.268 e. The summed E-state index contributed by atoms with van der Waals surface area (Å²) in [5.41, 5.74) is 4.54. The minimum Gasteiger partial charge on any atom is -0.395 e. The summed E-state index contributed by atoms with van der Waals surface area (Å²) >= 11 is 0.